The molecule has 0 aliphatic rings. The molecule has 1 amide bonds. The maximum absolute atomic E-state index is 12.1. The SMILES string of the molecule is CC.CC.CCCN(C/C(C)=C/C=C(C)/N=C/C=C(\C)n1ccc(NC)cc1=O)C(C)CC.Cc1ccc(C(=O)N(C)C)cc1C. The molecule has 1 aromatic heterocycles. The van der Waals surface area contributed by atoms with Crippen LogP contribution in [0.4, 0.5) is 5.69 Å². The molecule has 1 unspecified atom stereocenters. The Hall–Kier alpha value is -3.71. The molecule has 2 rings (SSSR count). The maximum atomic E-state index is 12.1. The molecule has 258 valence electrons. The third-order valence-corrected chi connectivity index (χ3v) is 7.13. The van der Waals surface area contributed by atoms with E-state index in [0.717, 1.165) is 41.3 Å². The van der Waals surface area contributed by atoms with Crippen molar-refractivity contribution in [1.82, 2.24) is 14.4 Å². The van der Waals surface area contributed by atoms with Crippen LogP contribution in [0.1, 0.15) is 104 Å². The van der Waals surface area contributed by atoms with Gasteiger partial charge in [0.05, 0.1) is 0 Å². The monoisotopic (exact) mass is 636 g/mol. The topological polar surface area (TPSA) is 69.9 Å². The van der Waals surface area contributed by atoms with E-state index in [1.54, 1.807) is 49.1 Å². The summed E-state index contributed by atoms with van der Waals surface area (Å²) in [5.41, 5.74) is 6.95. The molecule has 46 heavy (non-hydrogen) atoms. The molecule has 1 aromatic carbocycles. The third-order valence-electron chi connectivity index (χ3n) is 7.13. The Morgan fingerprint density at radius 1 is 0.957 bits per heavy atom. The quantitative estimate of drug-likeness (QED) is 0.186. The summed E-state index contributed by atoms with van der Waals surface area (Å²) in [5.74, 6) is 0.0584. The van der Waals surface area contributed by atoms with Crippen LogP contribution >= 0.6 is 0 Å². The van der Waals surface area contributed by atoms with E-state index >= 15 is 0 Å². The fourth-order valence-corrected chi connectivity index (χ4v) is 4.08. The highest BCUT2D eigenvalue weighted by Crippen LogP contribution is 2.11. The number of aromatic nitrogens is 1. The van der Waals surface area contributed by atoms with Gasteiger partial charge in [-0.3, -0.25) is 24.0 Å². The lowest BCUT2D eigenvalue weighted by Crippen LogP contribution is -2.34. The van der Waals surface area contributed by atoms with Gasteiger partial charge >= 0.3 is 0 Å². The van der Waals surface area contributed by atoms with E-state index in [-0.39, 0.29) is 11.5 Å². The number of pyridine rings is 1. The smallest absolute Gasteiger partial charge is 0.256 e. The lowest BCUT2D eigenvalue weighted by Gasteiger charge is -2.28. The van der Waals surface area contributed by atoms with Gasteiger partial charge < -0.3 is 10.2 Å². The minimum Gasteiger partial charge on any atom is -0.388 e. The lowest BCUT2D eigenvalue weighted by atomic mass is 10.1. The molecule has 1 atom stereocenters. The Kier molecular flexibility index (Phi) is 24.6. The molecule has 0 radical (unpaired) electrons. The summed E-state index contributed by atoms with van der Waals surface area (Å²) in [5, 5.41) is 2.97. The second-order valence-electron chi connectivity index (χ2n) is 11.0. The van der Waals surface area contributed by atoms with Gasteiger partial charge in [-0.1, -0.05) is 59.3 Å². The van der Waals surface area contributed by atoms with Crippen LogP contribution in [0.5, 0.6) is 0 Å². The van der Waals surface area contributed by atoms with Crippen LogP contribution in [0.25, 0.3) is 5.70 Å². The molecule has 0 aliphatic heterocycles. The number of rotatable bonds is 12. The molecule has 1 heterocycles. The van der Waals surface area contributed by atoms with Crippen LogP contribution in [0.15, 0.2) is 75.8 Å². The normalized spacial score (nSPS) is 12.3. The van der Waals surface area contributed by atoms with Gasteiger partial charge in [0.2, 0.25) is 0 Å². The fraction of sp³-hybridized carbons (Fsp3) is 0.513. The number of carbonyl (C=O) groups excluding carboxylic acids is 1. The van der Waals surface area contributed by atoms with Crippen LogP contribution in [-0.4, -0.2) is 66.8 Å². The van der Waals surface area contributed by atoms with Crippen molar-refractivity contribution in [2.24, 2.45) is 4.99 Å². The van der Waals surface area contributed by atoms with Crippen molar-refractivity contribution in [2.75, 3.05) is 39.5 Å². The van der Waals surface area contributed by atoms with Crippen LogP contribution in [0.2, 0.25) is 0 Å². The van der Waals surface area contributed by atoms with Crippen molar-refractivity contribution < 1.29 is 4.79 Å². The number of allylic oxidation sites excluding steroid dienone is 5. The van der Waals surface area contributed by atoms with Gasteiger partial charge in [0, 0.05) is 74.9 Å². The number of anilines is 1. The first kappa shape index (κ1) is 44.4. The van der Waals surface area contributed by atoms with E-state index in [4.69, 9.17) is 0 Å². The summed E-state index contributed by atoms with van der Waals surface area (Å²) in [6.07, 6.45) is 11.9. The number of hydrogen-bond acceptors (Lipinski definition) is 5. The minimum absolute atomic E-state index is 0.0584. The Balaban J connectivity index is 0. The predicted molar refractivity (Wildman–Crippen MR) is 204 cm³/mol. The molecule has 0 spiro atoms. The second-order valence-corrected chi connectivity index (χ2v) is 11.0. The lowest BCUT2D eigenvalue weighted by molar-refractivity contribution is 0.0827. The largest absolute Gasteiger partial charge is 0.388 e. The molecule has 0 saturated heterocycles. The first-order chi connectivity index (χ1) is 21.8. The number of nitrogens with zero attached hydrogens (tertiary/aromatic N) is 4. The predicted octanol–water partition coefficient (Wildman–Crippen LogP) is 9.24. The number of nitrogens with one attached hydrogen (secondary N) is 1. The van der Waals surface area contributed by atoms with Gasteiger partial charge in [0.25, 0.3) is 11.5 Å². The van der Waals surface area contributed by atoms with Crippen molar-refractivity contribution in [1.29, 1.82) is 0 Å². The van der Waals surface area contributed by atoms with Gasteiger partial charge in [-0.25, -0.2) is 0 Å². The molecular weight excluding hydrogens is 570 g/mol. The molecule has 7 nitrogen and oxygen atoms in total. The average Bonchev–Trinajstić information content (AvgIpc) is 3.06. The first-order valence-corrected chi connectivity index (χ1v) is 16.8. The van der Waals surface area contributed by atoms with Crippen molar-refractivity contribution in [2.45, 2.75) is 102 Å². The van der Waals surface area contributed by atoms with E-state index in [9.17, 15) is 9.59 Å². The molecule has 0 bridgehead atoms. The zero-order valence-corrected chi connectivity index (χ0v) is 31.8. The molecule has 2 aromatic rings. The van der Waals surface area contributed by atoms with Crippen molar-refractivity contribution in [3.8, 4) is 0 Å². The van der Waals surface area contributed by atoms with Gasteiger partial charge in [0.1, 0.15) is 0 Å². The minimum atomic E-state index is -0.0669. The number of aryl methyl sites for hydroxylation is 2. The molecule has 1 N–H and O–H groups in total. The number of amides is 1. The first-order valence-electron chi connectivity index (χ1n) is 16.8. The summed E-state index contributed by atoms with van der Waals surface area (Å²) in [6.45, 7) is 27.0. The fourth-order valence-electron chi connectivity index (χ4n) is 4.08. The number of aliphatic imine (C=N–C) groups is 1. The van der Waals surface area contributed by atoms with Crippen LogP contribution in [-0.2, 0) is 0 Å². The standard InChI is InChI=1S/C24H38N4O.C11H15NO.2C2H6/c1-8-15-27(21(5)9-2)18-19(3)10-11-20(4)26-14-12-22(6)28-16-13-23(25-7)17-24(28)29;1-8-5-6-10(7-9(8)2)11(13)12(3)4;2*1-2/h10-14,16-17,21,25H,8-9,15,18H2,1-7H3;5-7H,1-4H3;2*1-2H3/b19-10+,20-11+,22-12+,26-14+;;;. The summed E-state index contributed by atoms with van der Waals surface area (Å²) in [7, 11) is 5.32. The zero-order valence-electron chi connectivity index (χ0n) is 31.8. The van der Waals surface area contributed by atoms with Gasteiger partial charge in [0.15, 0.2) is 0 Å². The molecule has 0 aliphatic carbocycles. The van der Waals surface area contributed by atoms with E-state index < -0.39 is 0 Å². The molecular formula is C39H65N5O2. The molecule has 0 saturated carbocycles. The van der Waals surface area contributed by atoms with E-state index in [1.165, 1.54) is 24.0 Å². The Labute approximate surface area is 281 Å². The zero-order chi connectivity index (χ0) is 35.8. The molecule has 0 fully saturated rings. The van der Waals surface area contributed by atoms with Crippen LogP contribution < -0.4 is 10.9 Å². The molecule has 7 heteroatoms. The van der Waals surface area contributed by atoms with Gasteiger partial charge in [-0.15, -0.1) is 0 Å². The third kappa shape index (κ3) is 17.1. The van der Waals surface area contributed by atoms with Crippen LogP contribution in [0.3, 0.4) is 0 Å². The van der Waals surface area contributed by atoms with E-state index in [1.807, 2.05) is 91.8 Å². The van der Waals surface area contributed by atoms with E-state index in [2.05, 4.69) is 49.0 Å². The number of hydrogen-bond donors (Lipinski definition) is 1. The van der Waals surface area contributed by atoms with Crippen molar-refractivity contribution in [3.05, 3.63) is 93.1 Å². The second kappa shape index (κ2) is 25.5. The highest BCUT2D eigenvalue weighted by molar-refractivity contribution is 5.94. The Morgan fingerprint density at radius 3 is 2.09 bits per heavy atom. The number of benzene rings is 1. The van der Waals surface area contributed by atoms with Crippen molar-refractivity contribution >= 4 is 23.5 Å². The summed E-state index contributed by atoms with van der Waals surface area (Å²) < 4.78 is 1.60. The highest BCUT2D eigenvalue weighted by atomic mass is 16.2. The Bertz CT molecular complexity index is 1330. The highest BCUT2D eigenvalue weighted by Gasteiger charge is 2.11. The van der Waals surface area contributed by atoms with Crippen LogP contribution in [0, 0.1) is 13.8 Å². The van der Waals surface area contributed by atoms with E-state index in [0.29, 0.717) is 6.04 Å². The maximum Gasteiger partial charge on any atom is 0.256 e. The number of carbonyl (C=O) groups is 1. The van der Waals surface area contributed by atoms with Gasteiger partial charge in [-0.2, -0.15) is 0 Å². The average molecular weight is 636 g/mol. The summed E-state index contributed by atoms with van der Waals surface area (Å²) >= 11 is 0. The van der Waals surface area contributed by atoms with Crippen molar-refractivity contribution in [3.63, 3.8) is 0 Å². The Morgan fingerprint density at radius 2 is 1.59 bits per heavy atom. The summed E-state index contributed by atoms with van der Waals surface area (Å²) in [4.78, 5) is 32.2. The summed E-state index contributed by atoms with van der Waals surface area (Å²) in [6, 6.07) is 9.82. The van der Waals surface area contributed by atoms with Gasteiger partial charge in [-0.05, 0) is 102 Å².